The first-order chi connectivity index (χ1) is 12.5. The van der Waals surface area contributed by atoms with E-state index in [0.717, 1.165) is 0 Å². The zero-order valence-corrected chi connectivity index (χ0v) is 14.1. The first-order valence-electron chi connectivity index (χ1n) is 8.20. The van der Waals surface area contributed by atoms with Gasteiger partial charge in [-0.25, -0.2) is 9.78 Å². The molecule has 0 saturated heterocycles. The fourth-order valence-electron chi connectivity index (χ4n) is 2.94. The van der Waals surface area contributed by atoms with E-state index in [1.165, 1.54) is 0 Å². The normalized spacial score (nSPS) is 19.0. The molecule has 8 nitrogen and oxygen atoms in total. The number of anilines is 1. The third-order valence-electron chi connectivity index (χ3n) is 4.21. The Hall–Kier alpha value is -3.18. The standard InChI is InChI=1S/C18H18N4O4/c1-20-16-14(18(24)25)17(26-13-6-5-12(23)8-13)22-15(21-16)11-4-2-3-10(7-11)9-19/h2-4,7,12-13,23H,5-6,8H2,1H3,(H,24,25)(H,20,21,22). The summed E-state index contributed by atoms with van der Waals surface area (Å²) in [6.07, 6.45) is 0.899. The Kier molecular flexibility index (Phi) is 5.00. The Balaban J connectivity index is 2.07. The molecule has 3 N–H and O–H groups in total. The summed E-state index contributed by atoms with van der Waals surface area (Å²) in [6, 6.07) is 8.77. The summed E-state index contributed by atoms with van der Waals surface area (Å²) < 4.78 is 5.80. The van der Waals surface area contributed by atoms with E-state index in [-0.39, 0.29) is 29.2 Å². The molecule has 2 unspecified atom stereocenters. The topological polar surface area (TPSA) is 128 Å². The minimum Gasteiger partial charge on any atom is -0.477 e. The van der Waals surface area contributed by atoms with E-state index in [4.69, 9.17) is 10.00 Å². The van der Waals surface area contributed by atoms with Crippen LogP contribution in [0.15, 0.2) is 24.3 Å². The number of aliphatic hydroxyl groups excluding tert-OH is 1. The van der Waals surface area contributed by atoms with Crippen molar-refractivity contribution < 1.29 is 19.7 Å². The predicted octanol–water partition coefficient (Wildman–Crippen LogP) is 2.05. The molecule has 0 aliphatic heterocycles. The highest BCUT2D eigenvalue weighted by molar-refractivity contribution is 5.96. The van der Waals surface area contributed by atoms with Gasteiger partial charge >= 0.3 is 5.97 Å². The molecule has 2 atom stereocenters. The molecule has 1 heterocycles. The van der Waals surface area contributed by atoms with Crippen LogP contribution in [0.1, 0.15) is 35.2 Å². The van der Waals surface area contributed by atoms with E-state index >= 15 is 0 Å². The van der Waals surface area contributed by atoms with Crippen molar-refractivity contribution in [2.75, 3.05) is 12.4 Å². The van der Waals surface area contributed by atoms with Gasteiger partial charge in [-0.05, 0) is 25.0 Å². The van der Waals surface area contributed by atoms with E-state index in [9.17, 15) is 15.0 Å². The van der Waals surface area contributed by atoms with Gasteiger partial charge in [0.05, 0.1) is 17.7 Å². The number of aliphatic hydroxyl groups is 1. The Morgan fingerprint density at radius 1 is 1.38 bits per heavy atom. The van der Waals surface area contributed by atoms with Crippen LogP contribution in [-0.4, -0.2) is 45.4 Å². The average molecular weight is 354 g/mol. The number of carboxylic acids is 1. The van der Waals surface area contributed by atoms with E-state index in [1.54, 1.807) is 31.3 Å². The van der Waals surface area contributed by atoms with Gasteiger partial charge in [0.2, 0.25) is 5.88 Å². The second-order valence-corrected chi connectivity index (χ2v) is 6.03. The molecule has 1 aliphatic carbocycles. The van der Waals surface area contributed by atoms with Gasteiger partial charge in [0.15, 0.2) is 11.4 Å². The van der Waals surface area contributed by atoms with Crippen molar-refractivity contribution in [3.8, 4) is 23.3 Å². The minimum atomic E-state index is -1.21. The number of hydrogen-bond acceptors (Lipinski definition) is 7. The minimum absolute atomic E-state index is 0.0479. The van der Waals surface area contributed by atoms with Gasteiger partial charge in [-0.2, -0.15) is 10.2 Å². The Labute approximate surface area is 150 Å². The number of aromatic carboxylic acids is 1. The van der Waals surface area contributed by atoms with Crippen molar-refractivity contribution in [3.63, 3.8) is 0 Å². The predicted molar refractivity (Wildman–Crippen MR) is 93.0 cm³/mol. The van der Waals surface area contributed by atoms with E-state index in [2.05, 4.69) is 15.3 Å². The Morgan fingerprint density at radius 2 is 2.19 bits per heavy atom. The van der Waals surface area contributed by atoms with Crippen molar-refractivity contribution in [1.29, 1.82) is 5.26 Å². The molecule has 134 valence electrons. The number of benzene rings is 1. The quantitative estimate of drug-likeness (QED) is 0.744. The fourth-order valence-corrected chi connectivity index (χ4v) is 2.94. The van der Waals surface area contributed by atoms with Crippen molar-refractivity contribution in [2.24, 2.45) is 0 Å². The zero-order valence-electron chi connectivity index (χ0n) is 14.1. The van der Waals surface area contributed by atoms with Gasteiger partial charge in [0.25, 0.3) is 0 Å². The highest BCUT2D eigenvalue weighted by atomic mass is 16.5. The first kappa shape index (κ1) is 17.6. The van der Waals surface area contributed by atoms with Gasteiger partial charge in [0, 0.05) is 19.0 Å². The summed E-state index contributed by atoms with van der Waals surface area (Å²) in [4.78, 5) is 20.3. The van der Waals surface area contributed by atoms with Crippen LogP contribution in [0, 0.1) is 11.3 Å². The van der Waals surface area contributed by atoms with Crippen LogP contribution in [0.5, 0.6) is 5.88 Å². The van der Waals surface area contributed by atoms with Gasteiger partial charge in [-0.15, -0.1) is 0 Å². The molecule has 1 saturated carbocycles. The largest absolute Gasteiger partial charge is 0.477 e. The van der Waals surface area contributed by atoms with E-state index in [0.29, 0.717) is 30.4 Å². The molecule has 1 aliphatic rings. The number of nitrogens with one attached hydrogen (secondary N) is 1. The number of carbonyl (C=O) groups is 1. The molecule has 1 aromatic heterocycles. The summed E-state index contributed by atoms with van der Waals surface area (Å²) in [5, 5.41) is 31.1. The molecular formula is C18H18N4O4. The van der Waals surface area contributed by atoms with Crippen molar-refractivity contribution in [1.82, 2.24) is 9.97 Å². The monoisotopic (exact) mass is 354 g/mol. The van der Waals surface area contributed by atoms with Crippen LogP contribution < -0.4 is 10.1 Å². The number of nitriles is 1. The maximum absolute atomic E-state index is 11.7. The maximum Gasteiger partial charge on any atom is 0.345 e. The van der Waals surface area contributed by atoms with E-state index < -0.39 is 12.1 Å². The molecule has 0 amide bonds. The van der Waals surface area contributed by atoms with Gasteiger partial charge in [-0.1, -0.05) is 12.1 Å². The first-order valence-corrected chi connectivity index (χ1v) is 8.20. The highest BCUT2D eigenvalue weighted by Crippen LogP contribution is 2.31. The van der Waals surface area contributed by atoms with Crippen LogP contribution in [0.4, 0.5) is 5.82 Å². The van der Waals surface area contributed by atoms with Crippen LogP contribution in [0.25, 0.3) is 11.4 Å². The molecule has 1 fully saturated rings. The van der Waals surface area contributed by atoms with Gasteiger partial charge < -0.3 is 20.3 Å². The van der Waals surface area contributed by atoms with Crippen molar-refractivity contribution in [3.05, 3.63) is 35.4 Å². The highest BCUT2D eigenvalue weighted by Gasteiger charge is 2.29. The number of aromatic nitrogens is 2. The van der Waals surface area contributed by atoms with Gasteiger partial charge in [0.1, 0.15) is 11.9 Å². The number of nitrogens with zero attached hydrogens (tertiary/aromatic N) is 3. The van der Waals surface area contributed by atoms with Crippen molar-refractivity contribution in [2.45, 2.75) is 31.5 Å². The molecule has 0 spiro atoms. The lowest BCUT2D eigenvalue weighted by molar-refractivity contribution is 0.0687. The fraction of sp³-hybridized carbons (Fsp3) is 0.333. The average Bonchev–Trinajstić information content (AvgIpc) is 3.05. The number of rotatable bonds is 5. The summed E-state index contributed by atoms with van der Waals surface area (Å²) in [5.74, 6) is -0.878. The zero-order chi connectivity index (χ0) is 18.7. The summed E-state index contributed by atoms with van der Waals surface area (Å²) in [7, 11) is 1.56. The van der Waals surface area contributed by atoms with Crippen molar-refractivity contribution >= 4 is 11.8 Å². The SMILES string of the molecule is CNc1nc(-c2cccc(C#N)c2)nc(OC2CCC(O)C2)c1C(=O)O. The molecule has 8 heteroatoms. The second-order valence-electron chi connectivity index (χ2n) is 6.03. The second kappa shape index (κ2) is 7.37. The smallest absolute Gasteiger partial charge is 0.345 e. The Morgan fingerprint density at radius 3 is 2.81 bits per heavy atom. The number of ether oxygens (including phenoxy) is 1. The molecule has 0 radical (unpaired) electrons. The molecule has 3 rings (SSSR count). The summed E-state index contributed by atoms with van der Waals surface area (Å²) in [6.45, 7) is 0. The Bertz CT molecular complexity index is 878. The third-order valence-corrected chi connectivity index (χ3v) is 4.21. The molecule has 1 aromatic carbocycles. The van der Waals surface area contributed by atoms with E-state index in [1.807, 2.05) is 6.07 Å². The molecular weight excluding hydrogens is 336 g/mol. The lowest BCUT2D eigenvalue weighted by Crippen LogP contribution is -2.18. The van der Waals surface area contributed by atoms with Crippen LogP contribution >= 0.6 is 0 Å². The van der Waals surface area contributed by atoms with Gasteiger partial charge in [-0.3, -0.25) is 0 Å². The third kappa shape index (κ3) is 3.58. The maximum atomic E-state index is 11.7. The lowest BCUT2D eigenvalue weighted by atomic mass is 10.1. The number of carboxylic acid groups (broad SMARTS) is 1. The summed E-state index contributed by atoms with van der Waals surface area (Å²) in [5.41, 5.74) is 0.865. The van der Waals surface area contributed by atoms with Crippen LogP contribution in [0.2, 0.25) is 0 Å². The summed E-state index contributed by atoms with van der Waals surface area (Å²) >= 11 is 0. The molecule has 0 bridgehead atoms. The lowest BCUT2D eigenvalue weighted by Gasteiger charge is -2.17. The van der Waals surface area contributed by atoms with Crippen LogP contribution in [-0.2, 0) is 0 Å². The molecule has 26 heavy (non-hydrogen) atoms. The molecule has 2 aromatic rings. The number of hydrogen-bond donors (Lipinski definition) is 3. The van der Waals surface area contributed by atoms with Crippen LogP contribution in [0.3, 0.4) is 0 Å².